The first-order valence-electron chi connectivity index (χ1n) is 8.83. The Morgan fingerprint density at radius 1 is 0.600 bits per heavy atom. The van der Waals surface area contributed by atoms with Crippen molar-refractivity contribution in [3.05, 3.63) is 89.2 Å². The molecule has 0 bridgehead atoms. The molecule has 0 fully saturated rings. The van der Waals surface area contributed by atoms with Crippen LogP contribution in [0.3, 0.4) is 0 Å². The molecule has 183 valence electrons. The van der Waals surface area contributed by atoms with Gasteiger partial charge in [0.2, 0.25) is 11.5 Å². The molecule has 2 heterocycles. The van der Waals surface area contributed by atoms with Crippen LogP contribution in [-0.4, -0.2) is 39.9 Å². The van der Waals surface area contributed by atoms with E-state index in [0.29, 0.717) is 0 Å². The van der Waals surface area contributed by atoms with E-state index in [9.17, 15) is 50.7 Å². The van der Waals surface area contributed by atoms with Gasteiger partial charge in [0.1, 0.15) is 11.0 Å². The van der Waals surface area contributed by atoms with Gasteiger partial charge in [-0.3, -0.25) is 50.4 Å². The Balaban J connectivity index is 0.000000240. The Morgan fingerprint density at radius 2 is 0.914 bits per heavy atom. The van der Waals surface area contributed by atoms with Gasteiger partial charge in [0.15, 0.2) is 0 Å². The van der Waals surface area contributed by atoms with E-state index in [2.05, 4.69) is 9.97 Å². The van der Waals surface area contributed by atoms with Crippen molar-refractivity contribution in [3.63, 3.8) is 0 Å². The molecule has 0 spiro atoms. The van der Waals surface area contributed by atoms with Gasteiger partial charge in [0.25, 0.3) is 11.4 Å². The van der Waals surface area contributed by atoms with Crippen molar-refractivity contribution in [1.29, 1.82) is 0 Å². The quantitative estimate of drug-likeness (QED) is 0.217. The molecule has 0 aliphatic heterocycles. The topological polar surface area (TPSA) is 239 Å². The molecule has 0 atom stereocenters. The van der Waals surface area contributed by atoms with Gasteiger partial charge in [-0.1, -0.05) is 0 Å². The number of hydrogen-bond acceptors (Lipinski definition) is 12. The minimum atomic E-state index is -0.892. The Hall–Kier alpha value is -5.02. The van der Waals surface area contributed by atoms with Gasteiger partial charge >= 0.3 is 11.4 Å². The van der Waals surface area contributed by atoms with E-state index in [0.717, 1.165) is 12.1 Å². The summed E-state index contributed by atoms with van der Waals surface area (Å²) in [6.07, 6.45) is 2.57. The molecule has 17 heteroatoms. The van der Waals surface area contributed by atoms with Crippen LogP contribution in [0.5, 0.6) is 11.5 Å². The molecule has 0 unspecified atom stereocenters. The van der Waals surface area contributed by atoms with Crippen LogP contribution in [-0.2, 0) is 17.1 Å². The van der Waals surface area contributed by atoms with Crippen molar-refractivity contribution in [2.75, 3.05) is 0 Å². The number of phenols is 2. The van der Waals surface area contributed by atoms with Gasteiger partial charge in [-0.05, 0) is 24.3 Å². The number of benzene rings is 2. The van der Waals surface area contributed by atoms with Crippen molar-refractivity contribution in [2.24, 2.45) is 0 Å². The number of pyridine rings is 2. The molecule has 2 aromatic carbocycles. The Labute approximate surface area is 202 Å². The van der Waals surface area contributed by atoms with Gasteiger partial charge < -0.3 is 10.2 Å². The maximum absolute atomic E-state index is 10.8. The number of fused-ring (bicyclic) bond motifs is 2. The normalized spacial score (nSPS) is 10.1. The molecule has 4 rings (SSSR count). The first kappa shape index (κ1) is 26.2. The summed E-state index contributed by atoms with van der Waals surface area (Å²) in [5.74, 6) is -1.34. The summed E-state index contributed by atoms with van der Waals surface area (Å²) < 4.78 is 0. The molecule has 0 aliphatic carbocycles. The van der Waals surface area contributed by atoms with Crippen molar-refractivity contribution < 1.29 is 47.0 Å². The molecule has 0 amide bonds. The van der Waals surface area contributed by atoms with Crippen molar-refractivity contribution in [3.8, 4) is 11.5 Å². The van der Waals surface area contributed by atoms with Crippen LogP contribution >= 0.6 is 0 Å². The van der Waals surface area contributed by atoms with Crippen LogP contribution in [0.1, 0.15) is 0 Å². The molecule has 0 saturated carbocycles. The number of phenolic OH excluding ortho intramolecular Hbond substituents is 2. The van der Waals surface area contributed by atoms with Gasteiger partial charge in [-0.15, -0.1) is 0 Å². The third kappa shape index (κ3) is 5.00. The third-order valence-electron chi connectivity index (χ3n) is 4.43. The van der Waals surface area contributed by atoms with Crippen molar-refractivity contribution >= 4 is 44.6 Å². The molecule has 2 aromatic heterocycles. The van der Waals surface area contributed by atoms with E-state index in [1.54, 1.807) is 0 Å². The average Bonchev–Trinajstić information content (AvgIpc) is 2.79. The predicted octanol–water partition coefficient (Wildman–Crippen LogP) is 3.51. The maximum Gasteiger partial charge on any atom is 0.319 e. The maximum atomic E-state index is 10.8. The van der Waals surface area contributed by atoms with Gasteiger partial charge in [-0.25, -0.2) is 0 Å². The number of nitrogens with zero attached hydrogens (tertiary/aromatic N) is 6. The fourth-order valence-corrected chi connectivity index (χ4v) is 2.98. The van der Waals surface area contributed by atoms with E-state index in [-0.39, 0.29) is 38.9 Å². The summed E-state index contributed by atoms with van der Waals surface area (Å²) in [6.45, 7) is 0. The van der Waals surface area contributed by atoms with Crippen LogP contribution in [0.25, 0.3) is 21.8 Å². The smallest absolute Gasteiger partial charge is 0.319 e. The summed E-state index contributed by atoms with van der Waals surface area (Å²) in [6, 6.07) is 7.06. The minimum absolute atomic E-state index is 0. The van der Waals surface area contributed by atoms with Crippen LogP contribution in [0.4, 0.5) is 22.7 Å². The molecular formula is C18H10CuN6O10. The van der Waals surface area contributed by atoms with Gasteiger partial charge in [0.05, 0.1) is 42.6 Å². The second kappa shape index (κ2) is 10.3. The number of nitro groups is 4. The minimum Gasteiger partial charge on any atom is -0.501 e. The Kier molecular flexibility index (Phi) is 7.70. The zero-order valence-electron chi connectivity index (χ0n) is 16.8. The summed E-state index contributed by atoms with van der Waals surface area (Å²) in [5.41, 5.74) is -2.71. The third-order valence-corrected chi connectivity index (χ3v) is 4.43. The van der Waals surface area contributed by atoms with Crippen LogP contribution in [0.15, 0.2) is 48.8 Å². The number of nitro benzene ring substituents is 4. The largest absolute Gasteiger partial charge is 0.501 e. The summed E-state index contributed by atoms with van der Waals surface area (Å²) in [5, 5.41) is 62.1. The summed E-state index contributed by atoms with van der Waals surface area (Å²) in [7, 11) is 0. The summed E-state index contributed by atoms with van der Waals surface area (Å²) in [4.78, 5) is 46.9. The molecular weight excluding hydrogens is 524 g/mol. The number of non-ortho nitro benzene ring substituents is 2. The molecule has 1 radical (unpaired) electrons. The zero-order valence-corrected chi connectivity index (χ0v) is 17.7. The van der Waals surface area contributed by atoms with Crippen molar-refractivity contribution in [1.82, 2.24) is 9.97 Å². The van der Waals surface area contributed by atoms with E-state index in [4.69, 9.17) is 0 Å². The van der Waals surface area contributed by atoms with Crippen LogP contribution in [0.2, 0.25) is 0 Å². The molecule has 4 aromatic rings. The van der Waals surface area contributed by atoms with E-state index < -0.39 is 53.9 Å². The molecule has 2 N–H and O–H groups in total. The van der Waals surface area contributed by atoms with E-state index >= 15 is 0 Å². The zero-order chi connectivity index (χ0) is 25.2. The fourth-order valence-electron chi connectivity index (χ4n) is 2.98. The summed E-state index contributed by atoms with van der Waals surface area (Å²) >= 11 is 0. The number of aromatic nitrogens is 2. The van der Waals surface area contributed by atoms with Crippen molar-refractivity contribution in [2.45, 2.75) is 0 Å². The molecule has 0 aliphatic rings. The molecule has 0 saturated heterocycles. The molecule has 35 heavy (non-hydrogen) atoms. The number of rotatable bonds is 4. The van der Waals surface area contributed by atoms with Crippen LogP contribution < -0.4 is 0 Å². The monoisotopic (exact) mass is 533 g/mol. The number of aromatic hydroxyl groups is 2. The van der Waals surface area contributed by atoms with E-state index in [1.165, 1.54) is 36.7 Å². The first-order chi connectivity index (χ1) is 16.0. The standard InChI is InChI=1S/2C9H5N3O5.Cu/c2*13-9-7(12(16)17)4-6(11(14)15)5-2-1-3-10-8(5)9;/h2*1-4,13H;. The fraction of sp³-hybridized carbons (Fsp3) is 0. The Bertz CT molecular complexity index is 1400. The second-order valence-electron chi connectivity index (χ2n) is 6.35. The number of hydrogen-bond donors (Lipinski definition) is 2. The van der Waals surface area contributed by atoms with Gasteiger partial charge in [0, 0.05) is 29.5 Å². The van der Waals surface area contributed by atoms with Crippen LogP contribution in [0, 0.1) is 40.5 Å². The van der Waals surface area contributed by atoms with Gasteiger partial charge in [-0.2, -0.15) is 0 Å². The van der Waals surface area contributed by atoms with E-state index in [1.807, 2.05) is 0 Å². The predicted molar refractivity (Wildman–Crippen MR) is 113 cm³/mol. The second-order valence-corrected chi connectivity index (χ2v) is 6.35. The average molecular weight is 534 g/mol. The Morgan fingerprint density at radius 3 is 1.20 bits per heavy atom. The SMILES string of the molecule is O=[N+]([O-])c1cc([N+](=O)[O-])c2cccnc2c1O.O=[N+]([O-])c1cc([N+](=O)[O-])c2cccnc2c1O.[Cu]. The first-order valence-corrected chi connectivity index (χ1v) is 8.83. The molecule has 16 nitrogen and oxygen atoms in total.